The van der Waals surface area contributed by atoms with Gasteiger partial charge in [0.25, 0.3) is 0 Å². The average Bonchev–Trinajstić information content (AvgIpc) is 3.00. The quantitative estimate of drug-likeness (QED) is 0.387. The Morgan fingerprint density at radius 1 is 0.741 bits per heavy atom. The summed E-state index contributed by atoms with van der Waals surface area (Å²) in [4.78, 5) is 0. The summed E-state index contributed by atoms with van der Waals surface area (Å²) in [6.07, 6.45) is 0. The summed E-state index contributed by atoms with van der Waals surface area (Å²) >= 11 is 6.25. The molecule has 0 aliphatic rings. The van der Waals surface area contributed by atoms with Gasteiger partial charge < -0.3 is 0 Å². The second-order valence-corrected chi connectivity index (χ2v) is 7.38. The van der Waals surface area contributed by atoms with Crippen LogP contribution >= 0.6 is 11.6 Å². The Kier molecular flexibility index (Phi) is 4.59. The number of halogens is 1. The molecule has 0 fully saturated rings. The zero-order valence-electron chi connectivity index (χ0n) is 15.7. The van der Waals surface area contributed by atoms with Crippen molar-refractivity contribution in [2.45, 2.75) is 20.8 Å². The van der Waals surface area contributed by atoms with Gasteiger partial charge in [-0.3, -0.25) is 0 Å². The molecule has 134 valence electrons. The lowest BCUT2D eigenvalue weighted by Gasteiger charge is -2.09. The van der Waals surface area contributed by atoms with Crippen LogP contribution in [0.3, 0.4) is 0 Å². The first-order valence-corrected chi connectivity index (χ1v) is 9.40. The molecule has 3 heteroatoms. The van der Waals surface area contributed by atoms with Crippen LogP contribution in [0.1, 0.15) is 16.7 Å². The predicted molar refractivity (Wildman–Crippen MR) is 114 cm³/mol. The van der Waals surface area contributed by atoms with E-state index in [0.29, 0.717) is 5.02 Å². The molecule has 2 nitrogen and oxygen atoms in total. The SMILES string of the molecule is Cc1ccc(-c2nn(-c3cccc(Cl)c3)c(-c3ccc(C)cc3)c2C)cc1. The number of aromatic nitrogens is 2. The lowest BCUT2D eigenvalue weighted by Crippen LogP contribution is -1.99. The van der Waals surface area contributed by atoms with Gasteiger partial charge in [0.2, 0.25) is 0 Å². The van der Waals surface area contributed by atoms with Gasteiger partial charge in [-0.2, -0.15) is 5.10 Å². The molecular formula is C24H21ClN2. The van der Waals surface area contributed by atoms with Crippen LogP contribution in [0.15, 0.2) is 72.8 Å². The summed E-state index contributed by atoms with van der Waals surface area (Å²) in [6.45, 7) is 6.33. The minimum Gasteiger partial charge on any atom is -0.232 e. The smallest absolute Gasteiger partial charge is 0.0963 e. The van der Waals surface area contributed by atoms with Crippen LogP contribution in [0.25, 0.3) is 28.2 Å². The van der Waals surface area contributed by atoms with Crippen LogP contribution in [-0.2, 0) is 0 Å². The van der Waals surface area contributed by atoms with Gasteiger partial charge in [0.05, 0.1) is 17.1 Å². The number of rotatable bonds is 3. The Morgan fingerprint density at radius 3 is 1.93 bits per heavy atom. The van der Waals surface area contributed by atoms with Crippen LogP contribution in [0.4, 0.5) is 0 Å². The summed E-state index contributed by atoms with van der Waals surface area (Å²) in [5.74, 6) is 0. The van der Waals surface area contributed by atoms with E-state index in [-0.39, 0.29) is 0 Å². The van der Waals surface area contributed by atoms with Gasteiger partial charge in [-0.1, -0.05) is 77.3 Å². The second kappa shape index (κ2) is 7.05. The first kappa shape index (κ1) is 17.6. The number of benzene rings is 3. The predicted octanol–water partition coefficient (Wildman–Crippen LogP) is 6.78. The highest BCUT2D eigenvalue weighted by atomic mass is 35.5. The van der Waals surface area contributed by atoms with Crippen molar-refractivity contribution in [3.63, 3.8) is 0 Å². The molecule has 0 spiro atoms. The minimum absolute atomic E-state index is 0.701. The van der Waals surface area contributed by atoms with E-state index in [0.717, 1.165) is 33.8 Å². The Labute approximate surface area is 165 Å². The van der Waals surface area contributed by atoms with E-state index in [9.17, 15) is 0 Å². The monoisotopic (exact) mass is 372 g/mol. The van der Waals surface area contributed by atoms with Crippen LogP contribution in [-0.4, -0.2) is 9.78 Å². The highest BCUT2D eigenvalue weighted by Crippen LogP contribution is 2.34. The molecule has 0 saturated heterocycles. The molecule has 0 radical (unpaired) electrons. The molecule has 3 aromatic carbocycles. The van der Waals surface area contributed by atoms with Crippen molar-refractivity contribution in [1.82, 2.24) is 9.78 Å². The van der Waals surface area contributed by atoms with Gasteiger partial charge in [-0.15, -0.1) is 0 Å². The first-order valence-electron chi connectivity index (χ1n) is 9.02. The molecule has 0 aliphatic carbocycles. The van der Waals surface area contributed by atoms with Crippen LogP contribution in [0.5, 0.6) is 0 Å². The zero-order chi connectivity index (χ0) is 19.0. The van der Waals surface area contributed by atoms with Gasteiger partial charge in [0.15, 0.2) is 0 Å². The number of aryl methyl sites for hydroxylation is 2. The lowest BCUT2D eigenvalue weighted by molar-refractivity contribution is 0.891. The standard InChI is InChI=1S/C24H21ClN2/c1-16-7-11-19(12-8-16)23-18(3)24(20-13-9-17(2)10-14-20)27(26-23)22-6-4-5-21(25)15-22/h4-15H,1-3H3. The maximum Gasteiger partial charge on any atom is 0.0963 e. The highest BCUT2D eigenvalue weighted by Gasteiger charge is 2.18. The summed E-state index contributed by atoms with van der Waals surface area (Å²) in [5, 5.41) is 5.68. The van der Waals surface area contributed by atoms with Gasteiger partial charge in [-0.05, 0) is 39.0 Å². The van der Waals surface area contributed by atoms with Gasteiger partial charge >= 0.3 is 0 Å². The fourth-order valence-electron chi connectivity index (χ4n) is 3.33. The third-order valence-electron chi connectivity index (χ3n) is 4.82. The molecule has 27 heavy (non-hydrogen) atoms. The molecule has 0 bridgehead atoms. The van der Waals surface area contributed by atoms with Crippen molar-refractivity contribution in [3.8, 4) is 28.2 Å². The lowest BCUT2D eigenvalue weighted by atomic mass is 10.0. The minimum atomic E-state index is 0.701. The van der Waals surface area contributed by atoms with E-state index < -0.39 is 0 Å². The molecule has 0 amide bonds. The van der Waals surface area contributed by atoms with Crippen molar-refractivity contribution in [3.05, 3.63) is 94.5 Å². The molecule has 0 aliphatic heterocycles. The van der Waals surface area contributed by atoms with Crippen molar-refractivity contribution in [2.24, 2.45) is 0 Å². The van der Waals surface area contributed by atoms with Crippen molar-refractivity contribution < 1.29 is 0 Å². The molecule has 0 atom stereocenters. The first-order chi connectivity index (χ1) is 13.0. The summed E-state index contributed by atoms with van der Waals surface area (Å²) in [5.41, 5.74) is 8.94. The topological polar surface area (TPSA) is 17.8 Å². The Bertz CT molecular complexity index is 1090. The van der Waals surface area contributed by atoms with Crippen molar-refractivity contribution in [1.29, 1.82) is 0 Å². The Morgan fingerprint density at radius 2 is 1.33 bits per heavy atom. The van der Waals surface area contributed by atoms with E-state index in [1.165, 1.54) is 11.1 Å². The fraction of sp³-hybridized carbons (Fsp3) is 0.125. The highest BCUT2D eigenvalue weighted by molar-refractivity contribution is 6.30. The van der Waals surface area contributed by atoms with Gasteiger partial charge in [0.1, 0.15) is 0 Å². The third-order valence-corrected chi connectivity index (χ3v) is 5.06. The Hall–Kier alpha value is -2.84. The van der Waals surface area contributed by atoms with E-state index in [4.69, 9.17) is 16.7 Å². The molecule has 4 aromatic rings. The van der Waals surface area contributed by atoms with Crippen LogP contribution in [0.2, 0.25) is 5.02 Å². The largest absolute Gasteiger partial charge is 0.232 e. The summed E-state index contributed by atoms with van der Waals surface area (Å²) in [6, 6.07) is 24.9. The number of hydrogen-bond donors (Lipinski definition) is 0. The van der Waals surface area contributed by atoms with Crippen molar-refractivity contribution >= 4 is 11.6 Å². The van der Waals surface area contributed by atoms with Crippen molar-refractivity contribution in [2.75, 3.05) is 0 Å². The van der Waals surface area contributed by atoms with E-state index in [2.05, 4.69) is 69.3 Å². The Balaban J connectivity index is 1.97. The number of nitrogens with zero attached hydrogens (tertiary/aromatic N) is 2. The number of hydrogen-bond acceptors (Lipinski definition) is 1. The zero-order valence-corrected chi connectivity index (χ0v) is 16.5. The van der Waals surface area contributed by atoms with Crippen LogP contribution < -0.4 is 0 Å². The molecule has 1 aromatic heterocycles. The summed E-state index contributed by atoms with van der Waals surface area (Å²) in [7, 11) is 0. The van der Waals surface area contributed by atoms with Crippen LogP contribution in [0, 0.1) is 20.8 Å². The van der Waals surface area contributed by atoms with E-state index in [1.54, 1.807) is 0 Å². The molecule has 0 unspecified atom stereocenters. The fourth-order valence-corrected chi connectivity index (χ4v) is 3.51. The molecule has 1 heterocycles. The molecular weight excluding hydrogens is 352 g/mol. The van der Waals surface area contributed by atoms with Gasteiger partial charge in [-0.25, -0.2) is 4.68 Å². The third kappa shape index (κ3) is 3.41. The second-order valence-electron chi connectivity index (χ2n) is 6.95. The van der Waals surface area contributed by atoms with Gasteiger partial charge in [0, 0.05) is 21.7 Å². The molecule has 0 saturated carbocycles. The molecule has 0 N–H and O–H groups in total. The molecule has 4 rings (SSSR count). The van der Waals surface area contributed by atoms with E-state index in [1.807, 2.05) is 28.9 Å². The average molecular weight is 373 g/mol. The summed E-state index contributed by atoms with van der Waals surface area (Å²) < 4.78 is 2.00. The maximum absolute atomic E-state index is 6.25. The normalized spacial score (nSPS) is 11.0. The van der Waals surface area contributed by atoms with E-state index >= 15 is 0 Å². The maximum atomic E-state index is 6.25.